The van der Waals surface area contributed by atoms with E-state index in [0.29, 0.717) is 18.7 Å². The number of esters is 1. The Hall–Kier alpha value is -1.87. The van der Waals surface area contributed by atoms with Crippen molar-refractivity contribution < 1.29 is 14.6 Å². The normalized spacial score (nSPS) is 27.3. The monoisotopic (exact) mass is 263 g/mol. The molecule has 6 nitrogen and oxygen atoms in total. The molecular weight excluding hydrogens is 246 g/mol. The summed E-state index contributed by atoms with van der Waals surface area (Å²) < 4.78 is 6.85. The van der Waals surface area contributed by atoms with E-state index < -0.39 is 17.7 Å². The van der Waals surface area contributed by atoms with Crippen molar-refractivity contribution in [3.63, 3.8) is 0 Å². The van der Waals surface area contributed by atoms with Gasteiger partial charge in [0.25, 0.3) is 0 Å². The van der Waals surface area contributed by atoms with Crippen molar-refractivity contribution in [3.8, 4) is 12.3 Å². The lowest BCUT2D eigenvalue weighted by Gasteiger charge is -2.34. The number of fused-ring (bicyclic) bond motifs is 1. The Balaban J connectivity index is 2.50. The maximum Gasteiger partial charge on any atom is 0.334 e. The van der Waals surface area contributed by atoms with E-state index in [1.165, 1.54) is 0 Å². The summed E-state index contributed by atoms with van der Waals surface area (Å²) in [6.45, 7) is 5.03. The van der Waals surface area contributed by atoms with Crippen LogP contribution >= 0.6 is 0 Å². The van der Waals surface area contributed by atoms with Gasteiger partial charge in [0.15, 0.2) is 23.3 Å². The zero-order chi connectivity index (χ0) is 14.2. The van der Waals surface area contributed by atoms with Crippen LogP contribution in [-0.4, -0.2) is 25.8 Å². The average Bonchev–Trinajstić information content (AvgIpc) is 2.80. The van der Waals surface area contributed by atoms with Gasteiger partial charge in [-0.2, -0.15) is 5.10 Å². The van der Waals surface area contributed by atoms with Gasteiger partial charge in [-0.25, -0.2) is 14.5 Å². The van der Waals surface area contributed by atoms with E-state index in [0.717, 1.165) is 0 Å². The number of cyclic esters (lactones) is 1. The van der Waals surface area contributed by atoms with Gasteiger partial charge in [0.2, 0.25) is 0 Å². The first-order chi connectivity index (χ1) is 8.90. The first kappa shape index (κ1) is 13.6. The highest BCUT2D eigenvalue weighted by atomic mass is 16.5. The predicted octanol–water partition coefficient (Wildman–Crippen LogP) is 1.08. The highest BCUT2D eigenvalue weighted by molar-refractivity contribution is 5.79. The molecule has 0 bridgehead atoms. The first-order valence-corrected chi connectivity index (χ1v) is 6.20. The van der Waals surface area contributed by atoms with Crippen molar-refractivity contribution in [2.75, 3.05) is 0 Å². The largest absolute Gasteiger partial charge is 0.453 e. The van der Waals surface area contributed by atoms with Crippen LogP contribution in [0.25, 0.3) is 0 Å². The third-order valence-corrected chi connectivity index (χ3v) is 3.33. The highest BCUT2D eigenvalue weighted by Crippen LogP contribution is 2.34. The summed E-state index contributed by atoms with van der Waals surface area (Å²) in [7, 11) is 0. The van der Waals surface area contributed by atoms with E-state index in [9.17, 15) is 9.90 Å². The Labute approximate surface area is 111 Å². The maximum atomic E-state index is 12.1. The number of aliphatic hydroxyl groups excluding tert-OH is 1. The third kappa shape index (κ3) is 2.10. The SMILES string of the molecule is C#CCC[C@]1(C)C(=O)O[C@@H](C)c2nc([C@H](C)O)nn21. The van der Waals surface area contributed by atoms with Crippen LogP contribution in [0.4, 0.5) is 0 Å². The number of aliphatic hydroxyl groups is 1. The second kappa shape index (κ2) is 4.67. The molecule has 2 rings (SSSR count). The zero-order valence-corrected chi connectivity index (χ0v) is 11.3. The van der Waals surface area contributed by atoms with E-state index in [2.05, 4.69) is 16.0 Å². The number of nitrogens with zero attached hydrogens (tertiary/aromatic N) is 3. The van der Waals surface area contributed by atoms with Crippen molar-refractivity contribution in [3.05, 3.63) is 11.6 Å². The van der Waals surface area contributed by atoms with Crippen LogP contribution in [0.2, 0.25) is 0 Å². The molecule has 19 heavy (non-hydrogen) atoms. The fourth-order valence-electron chi connectivity index (χ4n) is 2.09. The molecule has 0 radical (unpaired) electrons. The van der Waals surface area contributed by atoms with E-state index in [1.807, 2.05) is 0 Å². The lowest BCUT2D eigenvalue weighted by molar-refractivity contribution is -0.165. The van der Waals surface area contributed by atoms with Crippen LogP contribution in [0.5, 0.6) is 0 Å². The molecule has 1 aromatic heterocycles. The van der Waals surface area contributed by atoms with Gasteiger partial charge in [-0.05, 0) is 27.2 Å². The first-order valence-electron chi connectivity index (χ1n) is 6.20. The Morgan fingerprint density at radius 3 is 2.95 bits per heavy atom. The van der Waals surface area contributed by atoms with Gasteiger partial charge in [0.05, 0.1) is 0 Å². The lowest BCUT2D eigenvalue weighted by Crippen LogP contribution is -2.46. The number of hydrogen-bond acceptors (Lipinski definition) is 5. The summed E-state index contributed by atoms with van der Waals surface area (Å²) in [6.07, 6.45) is 4.84. The van der Waals surface area contributed by atoms with Crippen LogP contribution < -0.4 is 0 Å². The van der Waals surface area contributed by atoms with Gasteiger partial charge in [0, 0.05) is 6.42 Å². The number of ether oxygens (including phenoxy) is 1. The zero-order valence-electron chi connectivity index (χ0n) is 11.3. The molecule has 3 atom stereocenters. The Morgan fingerprint density at radius 1 is 1.68 bits per heavy atom. The van der Waals surface area contributed by atoms with E-state index in [4.69, 9.17) is 11.2 Å². The van der Waals surface area contributed by atoms with Crippen LogP contribution in [0.3, 0.4) is 0 Å². The smallest absolute Gasteiger partial charge is 0.334 e. The highest BCUT2D eigenvalue weighted by Gasteiger charge is 2.45. The fourth-order valence-corrected chi connectivity index (χ4v) is 2.09. The molecule has 0 fully saturated rings. The second-order valence-corrected chi connectivity index (χ2v) is 4.94. The molecule has 2 heterocycles. The van der Waals surface area contributed by atoms with Crippen LogP contribution in [0, 0.1) is 12.3 Å². The van der Waals surface area contributed by atoms with Crippen molar-refractivity contribution in [1.29, 1.82) is 0 Å². The van der Waals surface area contributed by atoms with E-state index in [-0.39, 0.29) is 11.8 Å². The van der Waals surface area contributed by atoms with Gasteiger partial charge in [-0.15, -0.1) is 12.3 Å². The van der Waals surface area contributed by atoms with Crippen LogP contribution in [0.15, 0.2) is 0 Å². The Kier molecular flexibility index (Phi) is 3.33. The summed E-state index contributed by atoms with van der Waals surface area (Å²) in [5.74, 6) is 2.96. The Morgan fingerprint density at radius 2 is 2.37 bits per heavy atom. The molecule has 1 aromatic rings. The summed E-state index contributed by atoms with van der Waals surface area (Å²) in [5, 5.41) is 13.8. The van der Waals surface area contributed by atoms with Crippen molar-refractivity contribution in [2.45, 2.75) is 51.4 Å². The molecule has 0 aromatic carbocycles. The van der Waals surface area contributed by atoms with E-state index in [1.54, 1.807) is 25.5 Å². The van der Waals surface area contributed by atoms with E-state index >= 15 is 0 Å². The predicted molar refractivity (Wildman–Crippen MR) is 66.9 cm³/mol. The molecule has 1 aliphatic rings. The second-order valence-electron chi connectivity index (χ2n) is 4.94. The minimum atomic E-state index is -0.964. The van der Waals surface area contributed by atoms with Crippen molar-refractivity contribution in [2.24, 2.45) is 0 Å². The van der Waals surface area contributed by atoms with Gasteiger partial charge in [0.1, 0.15) is 6.10 Å². The van der Waals surface area contributed by atoms with Gasteiger partial charge < -0.3 is 9.84 Å². The number of carbonyl (C=O) groups is 1. The average molecular weight is 263 g/mol. The Bertz CT molecular complexity index is 544. The molecule has 0 saturated carbocycles. The fraction of sp³-hybridized carbons (Fsp3) is 0.615. The quantitative estimate of drug-likeness (QED) is 0.652. The number of terminal acetylenes is 1. The van der Waals surface area contributed by atoms with Crippen molar-refractivity contribution in [1.82, 2.24) is 14.8 Å². The standard InChI is InChI=1S/C13H17N3O3/c1-5-6-7-13(4)12(18)19-9(3)11-14-10(8(2)17)15-16(11)13/h1,8-9,17H,6-7H2,2-4H3/t8-,9-,13+/m0/s1. The lowest BCUT2D eigenvalue weighted by atomic mass is 9.94. The maximum absolute atomic E-state index is 12.1. The molecule has 0 spiro atoms. The summed E-state index contributed by atoms with van der Waals surface area (Å²) in [6, 6.07) is 0. The van der Waals surface area contributed by atoms with Gasteiger partial charge >= 0.3 is 5.97 Å². The van der Waals surface area contributed by atoms with Crippen LogP contribution in [-0.2, 0) is 15.1 Å². The molecule has 102 valence electrons. The van der Waals surface area contributed by atoms with Crippen LogP contribution in [0.1, 0.15) is 57.5 Å². The molecule has 0 amide bonds. The minimum Gasteiger partial charge on any atom is -0.453 e. The topological polar surface area (TPSA) is 77.2 Å². The van der Waals surface area contributed by atoms with Gasteiger partial charge in [-0.1, -0.05) is 0 Å². The van der Waals surface area contributed by atoms with Gasteiger partial charge in [-0.3, -0.25) is 0 Å². The molecular formula is C13H17N3O3. The number of aromatic nitrogens is 3. The summed E-state index contributed by atoms with van der Waals surface area (Å²) in [4.78, 5) is 16.4. The minimum absolute atomic E-state index is 0.284. The van der Waals surface area contributed by atoms with Crippen molar-refractivity contribution >= 4 is 5.97 Å². The molecule has 0 aliphatic carbocycles. The molecule has 0 unspecified atom stereocenters. The summed E-state index contributed by atoms with van der Waals surface area (Å²) in [5.41, 5.74) is -0.964. The molecule has 1 N–H and O–H groups in total. The number of carbonyl (C=O) groups excluding carboxylic acids is 1. The number of hydrogen-bond donors (Lipinski definition) is 1. The molecule has 6 heteroatoms. The molecule has 0 saturated heterocycles. The summed E-state index contributed by atoms with van der Waals surface area (Å²) >= 11 is 0. The molecule has 1 aliphatic heterocycles. The third-order valence-electron chi connectivity index (χ3n) is 3.33. The number of rotatable bonds is 3.